The zero-order valence-corrected chi connectivity index (χ0v) is 46.9. The van der Waals surface area contributed by atoms with E-state index in [2.05, 4.69) is 135 Å². The minimum atomic E-state index is -0.792. The van der Waals surface area contributed by atoms with Crippen LogP contribution in [0.1, 0.15) is 271 Å². The van der Waals surface area contributed by atoms with Gasteiger partial charge in [-0.2, -0.15) is 0 Å². The molecule has 0 aliphatic carbocycles. The van der Waals surface area contributed by atoms with Gasteiger partial charge in [0.05, 0.1) is 6.61 Å². The second kappa shape index (κ2) is 61.6. The summed E-state index contributed by atoms with van der Waals surface area (Å²) in [6.45, 7) is 4.01. The van der Waals surface area contributed by atoms with E-state index < -0.39 is 6.10 Å². The first-order valence-electron chi connectivity index (χ1n) is 30.1. The van der Waals surface area contributed by atoms with Gasteiger partial charge in [-0.1, -0.05) is 270 Å². The highest BCUT2D eigenvalue weighted by Crippen LogP contribution is 2.16. The van der Waals surface area contributed by atoms with Gasteiger partial charge < -0.3 is 14.6 Å². The molecule has 0 spiro atoms. The number of allylic oxidation sites excluding steroid dienone is 20. The molecule has 0 bridgehead atoms. The Labute approximate surface area is 445 Å². The normalized spacial score (nSPS) is 13.1. The smallest absolute Gasteiger partial charge is 0.306 e. The molecule has 1 atom stereocenters. The molecule has 0 fully saturated rings. The Morgan fingerprint density at radius 3 is 0.903 bits per heavy atom. The Morgan fingerprint density at radius 2 is 0.597 bits per heavy atom. The van der Waals surface area contributed by atoms with E-state index in [0.29, 0.717) is 12.8 Å². The van der Waals surface area contributed by atoms with Gasteiger partial charge in [0, 0.05) is 12.8 Å². The second-order valence-corrected chi connectivity index (χ2v) is 19.7. The molecule has 72 heavy (non-hydrogen) atoms. The molecule has 5 nitrogen and oxygen atoms in total. The maximum atomic E-state index is 12.3. The number of rotatable bonds is 54. The summed E-state index contributed by atoms with van der Waals surface area (Å²) in [5.74, 6) is -0.614. The highest BCUT2D eigenvalue weighted by atomic mass is 16.6. The van der Waals surface area contributed by atoms with Crippen LogP contribution in [0.3, 0.4) is 0 Å². The fourth-order valence-electron chi connectivity index (χ4n) is 8.25. The number of aliphatic hydroxyl groups is 1. The Kier molecular flexibility index (Phi) is 58.4. The van der Waals surface area contributed by atoms with Gasteiger partial charge in [-0.3, -0.25) is 9.59 Å². The molecule has 0 aliphatic heterocycles. The van der Waals surface area contributed by atoms with Crippen molar-refractivity contribution in [3.05, 3.63) is 122 Å². The van der Waals surface area contributed by atoms with Crippen LogP contribution in [0.2, 0.25) is 0 Å². The van der Waals surface area contributed by atoms with Crippen molar-refractivity contribution in [2.45, 2.75) is 277 Å². The molecule has 0 aromatic carbocycles. The van der Waals surface area contributed by atoms with Crippen LogP contribution in [0.4, 0.5) is 0 Å². The van der Waals surface area contributed by atoms with Gasteiger partial charge in [0.2, 0.25) is 0 Å². The van der Waals surface area contributed by atoms with Crippen LogP contribution >= 0.6 is 0 Å². The summed E-state index contributed by atoms with van der Waals surface area (Å²) in [7, 11) is 0. The number of aliphatic hydroxyl groups excluding tert-OH is 1. The van der Waals surface area contributed by atoms with Gasteiger partial charge >= 0.3 is 11.9 Å². The molecule has 5 heteroatoms. The summed E-state index contributed by atoms with van der Waals surface area (Å²) in [4.78, 5) is 24.6. The van der Waals surface area contributed by atoms with Crippen molar-refractivity contribution in [2.24, 2.45) is 0 Å². The molecular weight excluding hydrogens is 885 g/mol. The predicted molar refractivity (Wildman–Crippen MR) is 315 cm³/mol. The lowest BCUT2D eigenvalue weighted by atomic mass is 10.0. The average Bonchev–Trinajstić information content (AvgIpc) is 3.38. The molecule has 0 amide bonds. The van der Waals surface area contributed by atoms with Crippen molar-refractivity contribution in [2.75, 3.05) is 13.2 Å². The third-order valence-electron chi connectivity index (χ3n) is 12.7. The SMILES string of the molecule is CC/C=C\C/C=C\C/C=C\C/C=C\C/C=C\C/C=C\C/C=C\CCCCCCCC(=O)OC(CO)COC(=O)CCCCCCCCCCCCCCCCCC/C=C\C/C=C\C/C=C\CCCCCCC. The van der Waals surface area contributed by atoms with Crippen molar-refractivity contribution < 1.29 is 24.2 Å². The van der Waals surface area contributed by atoms with Crippen molar-refractivity contribution in [3.8, 4) is 0 Å². The predicted octanol–water partition coefficient (Wildman–Crippen LogP) is 20.6. The first-order chi connectivity index (χ1) is 35.6. The first-order valence-corrected chi connectivity index (χ1v) is 30.1. The molecule has 410 valence electrons. The molecule has 0 saturated carbocycles. The van der Waals surface area contributed by atoms with Crippen molar-refractivity contribution in [3.63, 3.8) is 0 Å². The lowest BCUT2D eigenvalue weighted by Gasteiger charge is -2.15. The number of unbranched alkanes of at least 4 members (excludes halogenated alkanes) is 26. The van der Waals surface area contributed by atoms with Gasteiger partial charge in [0.25, 0.3) is 0 Å². The first kappa shape index (κ1) is 68.3. The highest BCUT2D eigenvalue weighted by Gasteiger charge is 2.16. The van der Waals surface area contributed by atoms with E-state index in [1.54, 1.807) is 0 Å². The summed E-state index contributed by atoms with van der Waals surface area (Å²) >= 11 is 0. The zero-order valence-electron chi connectivity index (χ0n) is 46.9. The van der Waals surface area contributed by atoms with Gasteiger partial charge in [0.15, 0.2) is 6.10 Å². The topological polar surface area (TPSA) is 72.8 Å². The monoisotopic (exact) mass is 997 g/mol. The Bertz CT molecular complexity index is 1450. The number of hydrogen-bond acceptors (Lipinski definition) is 5. The summed E-state index contributed by atoms with van der Waals surface area (Å²) in [6, 6.07) is 0. The summed E-state index contributed by atoms with van der Waals surface area (Å²) in [6.07, 6.45) is 90.3. The second-order valence-electron chi connectivity index (χ2n) is 19.7. The molecule has 0 aromatic rings. The van der Waals surface area contributed by atoms with E-state index in [1.807, 2.05) is 0 Å². The third-order valence-corrected chi connectivity index (χ3v) is 12.7. The van der Waals surface area contributed by atoms with E-state index in [0.717, 1.165) is 116 Å². The van der Waals surface area contributed by atoms with Gasteiger partial charge in [-0.05, 0) is 109 Å². The fourth-order valence-corrected chi connectivity index (χ4v) is 8.25. The van der Waals surface area contributed by atoms with Crippen LogP contribution in [0.25, 0.3) is 0 Å². The molecule has 0 rings (SSSR count). The number of ether oxygens (including phenoxy) is 2. The summed E-state index contributed by atoms with van der Waals surface area (Å²) in [5, 5.41) is 9.67. The standard InChI is InChI=1S/C67H112O5/c1-3-5-7-9-11-13-15-17-19-21-23-25-27-29-31-32-33-34-36-37-39-41-43-45-47-49-51-53-55-57-59-61-66(69)71-64-65(63-68)72-67(70)62-60-58-56-54-52-50-48-46-44-42-40-38-35-30-28-26-24-22-20-18-16-14-12-10-8-6-4-2/h6,8,12,14-15,17-18,20-21,23-24,26-27,29-30,35,40,42,46,48,65,68H,3-5,7,9-11,13,16,19,22,25,28,31-34,36-39,41,43-45,47,49-64H2,1-2H3/b8-6-,14-12-,17-15-,20-18-,23-21-,26-24-,29-27-,35-30-,42-40-,48-46-. The third kappa shape index (κ3) is 58.9. The number of hydrogen-bond donors (Lipinski definition) is 1. The van der Waals surface area contributed by atoms with E-state index in [1.165, 1.54) is 128 Å². The van der Waals surface area contributed by atoms with Crippen LogP contribution < -0.4 is 0 Å². The van der Waals surface area contributed by atoms with E-state index in [9.17, 15) is 14.7 Å². The van der Waals surface area contributed by atoms with Crippen molar-refractivity contribution in [1.82, 2.24) is 0 Å². The van der Waals surface area contributed by atoms with Crippen molar-refractivity contribution in [1.29, 1.82) is 0 Å². The van der Waals surface area contributed by atoms with Gasteiger partial charge in [-0.25, -0.2) is 0 Å². The zero-order chi connectivity index (χ0) is 52.0. The van der Waals surface area contributed by atoms with E-state index >= 15 is 0 Å². The molecule has 0 saturated heterocycles. The van der Waals surface area contributed by atoms with E-state index in [4.69, 9.17) is 9.47 Å². The highest BCUT2D eigenvalue weighted by molar-refractivity contribution is 5.70. The lowest BCUT2D eigenvalue weighted by Crippen LogP contribution is -2.28. The molecule has 1 unspecified atom stereocenters. The van der Waals surface area contributed by atoms with Crippen LogP contribution in [0.5, 0.6) is 0 Å². The Balaban J connectivity index is 3.55. The maximum Gasteiger partial charge on any atom is 0.306 e. The van der Waals surface area contributed by atoms with Gasteiger partial charge in [-0.15, -0.1) is 0 Å². The van der Waals surface area contributed by atoms with Gasteiger partial charge in [0.1, 0.15) is 6.61 Å². The van der Waals surface area contributed by atoms with Crippen LogP contribution in [0.15, 0.2) is 122 Å². The average molecular weight is 998 g/mol. The Morgan fingerprint density at radius 1 is 0.333 bits per heavy atom. The molecule has 0 aliphatic rings. The van der Waals surface area contributed by atoms with Crippen LogP contribution in [-0.4, -0.2) is 36.4 Å². The van der Waals surface area contributed by atoms with E-state index in [-0.39, 0.29) is 25.2 Å². The summed E-state index contributed by atoms with van der Waals surface area (Å²) < 4.78 is 10.7. The maximum absolute atomic E-state index is 12.3. The fraction of sp³-hybridized carbons (Fsp3) is 0.672. The number of esters is 2. The minimum Gasteiger partial charge on any atom is -0.462 e. The largest absolute Gasteiger partial charge is 0.462 e. The molecule has 0 radical (unpaired) electrons. The minimum absolute atomic E-state index is 0.0799. The molecule has 0 heterocycles. The molecular formula is C67H112O5. The molecule has 1 N–H and O–H groups in total. The Hall–Kier alpha value is -3.70. The van der Waals surface area contributed by atoms with Crippen LogP contribution in [0, 0.1) is 0 Å². The lowest BCUT2D eigenvalue weighted by molar-refractivity contribution is -0.161. The number of carbonyl (C=O) groups excluding carboxylic acids is 2. The number of carbonyl (C=O) groups is 2. The van der Waals surface area contributed by atoms with Crippen molar-refractivity contribution >= 4 is 11.9 Å². The quantitative estimate of drug-likeness (QED) is 0.0373. The summed E-state index contributed by atoms with van der Waals surface area (Å²) in [5.41, 5.74) is 0. The molecule has 0 aromatic heterocycles. The van der Waals surface area contributed by atoms with Crippen LogP contribution in [-0.2, 0) is 19.1 Å².